The Morgan fingerprint density at radius 3 is 2.33 bits per heavy atom. The molecule has 0 fully saturated rings. The Labute approximate surface area is 127 Å². The van der Waals surface area contributed by atoms with E-state index in [0.717, 1.165) is 5.56 Å². The second kappa shape index (κ2) is 8.19. The molecular weight excluding hydrogens is 301 g/mol. The van der Waals surface area contributed by atoms with Crippen molar-refractivity contribution in [1.29, 1.82) is 0 Å². The highest BCUT2D eigenvalue weighted by Crippen LogP contribution is 2.17. The van der Waals surface area contributed by atoms with Gasteiger partial charge in [-0.2, -0.15) is 13.2 Å². The first kappa shape index (κ1) is 17.7. The summed E-state index contributed by atoms with van der Waals surface area (Å²) >= 11 is 4.83. The second-order valence-corrected chi connectivity index (χ2v) is 5.07. The van der Waals surface area contributed by atoms with Crippen LogP contribution in [0.15, 0.2) is 24.3 Å². The van der Waals surface area contributed by atoms with E-state index in [2.05, 4.69) is 0 Å². The molecule has 118 valence electrons. The number of rotatable bonds is 8. The highest BCUT2D eigenvalue weighted by Gasteiger charge is 2.30. The summed E-state index contributed by atoms with van der Waals surface area (Å²) in [7, 11) is 0. The number of ether oxygens (including phenoxy) is 1. The van der Waals surface area contributed by atoms with Crippen LogP contribution in [0.2, 0.25) is 0 Å². The molecule has 3 nitrogen and oxygen atoms in total. The third-order valence-corrected chi connectivity index (χ3v) is 2.99. The molecule has 0 saturated heterocycles. The molecule has 0 aliphatic rings. The van der Waals surface area contributed by atoms with E-state index in [9.17, 15) is 13.2 Å². The van der Waals surface area contributed by atoms with Gasteiger partial charge in [-0.1, -0.05) is 19.1 Å². The fourth-order valence-electron chi connectivity index (χ4n) is 1.85. The van der Waals surface area contributed by atoms with Gasteiger partial charge in [0, 0.05) is 12.1 Å². The average Bonchev–Trinajstić information content (AvgIpc) is 2.37. The number of halogens is 3. The molecule has 1 aromatic carbocycles. The van der Waals surface area contributed by atoms with E-state index in [-0.39, 0.29) is 13.2 Å². The Morgan fingerprint density at radius 2 is 1.86 bits per heavy atom. The van der Waals surface area contributed by atoms with Crippen LogP contribution in [-0.2, 0) is 0 Å². The molecule has 21 heavy (non-hydrogen) atoms. The zero-order chi connectivity index (χ0) is 15.9. The van der Waals surface area contributed by atoms with Crippen molar-refractivity contribution in [2.24, 2.45) is 5.73 Å². The van der Waals surface area contributed by atoms with E-state index in [1.165, 1.54) is 4.90 Å². The molecule has 0 radical (unpaired) electrons. The maximum atomic E-state index is 12.4. The summed E-state index contributed by atoms with van der Waals surface area (Å²) in [5, 5.41) is 0. The van der Waals surface area contributed by atoms with E-state index >= 15 is 0 Å². The van der Waals surface area contributed by atoms with Crippen molar-refractivity contribution in [1.82, 2.24) is 4.90 Å². The monoisotopic (exact) mass is 320 g/mol. The van der Waals surface area contributed by atoms with Crippen LogP contribution in [0.1, 0.15) is 18.9 Å². The van der Waals surface area contributed by atoms with Gasteiger partial charge in [-0.3, -0.25) is 4.90 Å². The molecule has 0 bridgehead atoms. The van der Waals surface area contributed by atoms with Crippen molar-refractivity contribution in [3.8, 4) is 5.75 Å². The van der Waals surface area contributed by atoms with E-state index in [1.54, 1.807) is 24.3 Å². The van der Waals surface area contributed by atoms with Crippen molar-refractivity contribution >= 4 is 17.2 Å². The minimum atomic E-state index is -4.19. The summed E-state index contributed by atoms with van der Waals surface area (Å²) in [6.45, 7) is 1.75. The zero-order valence-corrected chi connectivity index (χ0v) is 12.6. The Kier molecular flexibility index (Phi) is 6.91. The van der Waals surface area contributed by atoms with Crippen molar-refractivity contribution < 1.29 is 17.9 Å². The van der Waals surface area contributed by atoms with Gasteiger partial charge in [0.25, 0.3) is 0 Å². The number of benzene rings is 1. The van der Waals surface area contributed by atoms with Crippen molar-refractivity contribution in [3.63, 3.8) is 0 Å². The normalized spacial score (nSPS) is 11.7. The van der Waals surface area contributed by atoms with Crippen LogP contribution in [-0.4, -0.2) is 42.3 Å². The number of hydrogen-bond donors (Lipinski definition) is 1. The fraction of sp³-hybridized carbons (Fsp3) is 0.500. The standard InChI is InChI=1S/C14H19F3N2OS/c1-2-7-19(10-14(15,16)17)8-9-20-12-5-3-11(4-6-12)13(18)21/h3-6H,2,7-10H2,1H3,(H2,18,21). The summed E-state index contributed by atoms with van der Waals surface area (Å²) in [6, 6.07) is 6.83. The molecule has 0 spiro atoms. The second-order valence-electron chi connectivity index (χ2n) is 4.63. The Bertz CT molecular complexity index is 449. The maximum absolute atomic E-state index is 12.4. The molecule has 1 aromatic rings. The van der Waals surface area contributed by atoms with Gasteiger partial charge < -0.3 is 10.5 Å². The lowest BCUT2D eigenvalue weighted by atomic mass is 10.2. The third-order valence-electron chi connectivity index (χ3n) is 2.76. The summed E-state index contributed by atoms with van der Waals surface area (Å²) in [5.74, 6) is 0.582. The van der Waals surface area contributed by atoms with Crippen LogP contribution >= 0.6 is 12.2 Å². The Morgan fingerprint density at radius 1 is 1.24 bits per heavy atom. The van der Waals surface area contributed by atoms with Gasteiger partial charge in [-0.25, -0.2) is 0 Å². The quantitative estimate of drug-likeness (QED) is 0.748. The lowest BCUT2D eigenvalue weighted by Gasteiger charge is -2.23. The van der Waals surface area contributed by atoms with Gasteiger partial charge in [0.1, 0.15) is 17.3 Å². The first-order chi connectivity index (χ1) is 9.81. The smallest absolute Gasteiger partial charge is 0.401 e. The molecule has 0 aliphatic carbocycles. The minimum absolute atomic E-state index is 0.197. The van der Waals surface area contributed by atoms with Crippen molar-refractivity contribution in [3.05, 3.63) is 29.8 Å². The van der Waals surface area contributed by atoms with E-state index in [4.69, 9.17) is 22.7 Å². The van der Waals surface area contributed by atoms with Crippen LogP contribution in [0.4, 0.5) is 13.2 Å². The third kappa shape index (κ3) is 7.29. The fourth-order valence-corrected chi connectivity index (χ4v) is 1.98. The zero-order valence-electron chi connectivity index (χ0n) is 11.8. The van der Waals surface area contributed by atoms with E-state index in [0.29, 0.717) is 23.7 Å². The van der Waals surface area contributed by atoms with E-state index in [1.807, 2.05) is 6.92 Å². The lowest BCUT2D eigenvalue weighted by Crippen LogP contribution is -2.37. The van der Waals surface area contributed by atoms with Crippen LogP contribution in [0, 0.1) is 0 Å². The van der Waals surface area contributed by atoms with Gasteiger partial charge in [-0.15, -0.1) is 0 Å². The van der Waals surface area contributed by atoms with Crippen LogP contribution in [0.3, 0.4) is 0 Å². The topological polar surface area (TPSA) is 38.5 Å². The first-order valence-corrected chi connectivity index (χ1v) is 7.04. The molecule has 0 aliphatic heterocycles. The largest absolute Gasteiger partial charge is 0.492 e. The SMILES string of the molecule is CCCN(CCOc1ccc(C(N)=S)cc1)CC(F)(F)F. The molecule has 0 unspecified atom stereocenters. The number of nitrogens with two attached hydrogens (primary N) is 1. The van der Waals surface area contributed by atoms with Crippen LogP contribution in [0.25, 0.3) is 0 Å². The van der Waals surface area contributed by atoms with Gasteiger partial charge in [0.2, 0.25) is 0 Å². The Balaban J connectivity index is 2.44. The molecule has 0 heterocycles. The highest BCUT2D eigenvalue weighted by molar-refractivity contribution is 7.80. The molecule has 7 heteroatoms. The molecule has 2 N–H and O–H groups in total. The van der Waals surface area contributed by atoms with Gasteiger partial charge in [0.05, 0.1) is 6.54 Å². The van der Waals surface area contributed by atoms with Crippen LogP contribution in [0.5, 0.6) is 5.75 Å². The maximum Gasteiger partial charge on any atom is 0.401 e. The molecule has 0 saturated carbocycles. The van der Waals surface area contributed by atoms with E-state index < -0.39 is 12.7 Å². The summed E-state index contributed by atoms with van der Waals surface area (Å²) in [6.07, 6.45) is -3.52. The van der Waals surface area contributed by atoms with Crippen LogP contribution < -0.4 is 10.5 Å². The summed E-state index contributed by atoms with van der Waals surface area (Å²) in [4.78, 5) is 1.63. The molecule has 0 aromatic heterocycles. The van der Waals surface area contributed by atoms with Gasteiger partial charge in [0.15, 0.2) is 0 Å². The average molecular weight is 320 g/mol. The Hall–Kier alpha value is -1.34. The predicted molar refractivity (Wildman–Crippen MR) is 80.6 cm³/mol. The highest BCUT2D eigenvalue weighted by atomic mass is 32.1. The predicted octanol–water partition coefficient (Wildman–Crippen LogP) is 2.97. The number of alkyl halides is 3. The lowest BCUT2D eigenvalue weighted by molar-refractivity contribution is -0.146. The number of hydrogen-bond acceptors (Lipinski definition) is 3. The molecule has 0 amide bonds. The van der Waals surface area contributed by atoms with Crippen molar-refractivity contribution in [2.75, 3.05) is 26.2 Å². The van der Waals surface area contributed by atoms with Crippen molar-refractivity contribution in [2.45, 2.75) is 19.5 Å². The summed E-state index contributed by atoms with van der Waals surface area (Å²) < 4.78 is 42.6. The number of thiocarbonyl (C=S) groups is 1. The summed E-state index contributed by atoms with van der Waals surface area (Å²) in [5.41, 5.74) is 6.20. The molecular formula is C14H19F3N2OS. The first-order valence-electron chi connectivity index (χ1n) is 6.63. The van der Waals surface area contributed by atoms with Gasteiger partial charge >= 0.3 is 6.18 Å². The molecule has 0 atom stereocenters. The number of nitrogens with zero attached hydrogens (tertiary/aromatic N) is 1. The minimum Gasteiger partial charge on any atom is -0.492 e. The van der Waals surface area contributed by atoms with Gasteiger partial charge in [-0.05, 0) is 37.2 Å². The molecule has 1 rings (SSSR count).